The second-order valence-electron chi connectivity index (χ2n) is 3.64. The molecule has 0 spiro atoms. The van der Waals surface area contributed by atoms with Crippen LogP contribution < -0.4 is 0 Å². The van der Waals surface area contributed by atoms with Crippen LogP contribution in [0.25, 0.3) is 5.69 Å². The molecule has 0 aliphatic rings. The molecule has 2 aromatic rings. The van der Waals surface area contributed by atoms with E-state index in [1.54, 1.807) is 35.3 Å². The molecule has 0 bridgehead atoms. The molecule has 0 atom stereocenters. The smallest absolute Gasteiger partial charge is 0.340 e. The molecule has 0 saturated carbocycles. The van der Waals surface area contributed by atoms with Crippen LogP contribution in [-0.2, 0) is 4.74 Å². The molecule has 1 aromatic carbocycles. The topological polar surface area (TPSA) is 44.1 Å². The van der Waals surface area contributed by atoms with Crippen LogP contribution in [0.1, 0.15) is 17.3 Å². The molecule has 1 aromatic heterocycles. The minimum absolute atomic E-state index is 0.281. The number of hydrogen-bond acceptors (Lipinski definition) is 3. The van der Waals surface area contributed by atoms with E-state index in [0.717, 1.165) is 0 Å². The Hall–Kier alpha value is -2.36. The Morgan fingerprint density at radius 1 is 1.39 bits per heavy atom. The third kappa shape index (κ3) is 2.66. The maximum absolute atomic E-state index is 11.9. The average molecular weight is 242 g/mol. The largest absolute Gasteiger partial charge is 0.458 e. The van der Waals surface area contributed by atoms with Crippen LogP contribution in [0.2, 0.25) is 0 Å². The van der Waals surface area contributed by atoms with Crippen LogP contribution in [0.5, 0.6) is 0 Å². The van der Waals surface area contributed by atoms with E-state index in [-0.39, 0.29) is 12.6 Å². The molecule has 2 rings (SSSR count). The van der Waals surface area contributed by atoms with Gasteiger partial charge in [0.2, 0.25) is 0 Å². The summed E-state index contributed by atoms with van der Waals surface area (Å²) in [6, 6.07) is 9.04. The lowest BCUT2D eigenvalue weighted by Crippen LogP contribution is -2.10. The molecule has 0 saturated heterocycles. The average Bonchev–Trinajstić information content (AvgIpc) is 2.93. The fraction of sp³-hybridized carbons (Fsp3) is 0.143. The zero-order chi connectivity index (χ0) is 12.8. The van der Waals surface area contributed by atoms with Crippen molar-refractivity contribution in [3.63, 3.8) is 0 Å². The van der Waals surface area contributed by atoms with Gasteiger partial charge in [-0.05, 0) is 25.1 Å². The van der Waals surface area contributed by atoms with Crippen molar-refractivity contribution in [1.29, 1.82) is 0 Å². The zero-order valence-electron chi connectivity index (χ0n) is 10.1. The van der Waals surface area contributed by atoms with E-state index in [2.05, 4.69) is 5.10 Å². The number of rotatable bonds is 4. The zero-order valence-corrected chi connectivity index (χ0v) is 10.1. The summed E-state index contributed by atoms with van der Waals surface area (Å²) < 4.78 is 6.79. The van der Waals surface area contributed by atoms with Crippen LogP contribution in [-0.4, -0.2) is 22.4 Å². The SMILES string of the molecule is CC=CCOC(=O)c1ccccc1-n1cccn1. The van der Waals surface area contributed by atoms with Gasteiger partial charge in [0.05, 0.1) is 11.3 Å². The van der Waals surface area contributed by atoms with Gasteiger partial charge in [0.25, 0.3) is 0 Å². The summed E-state index contributed by atoms with van der Waals surface area (Å²) in [7, 11) is 0. The van der Waals surface area contributed by atoms with Gasteiger partial charge in [0.15, 0.2) is 0 Å². The summed E-state index contributed by atoms with van der Waals surface area (Å²) in [5.74, 6) is -0.348. The lowest BCUT2D eigenvalue weighted by Gasteiger charge is -2.08. The molecule has 0 amide bonds. The Morgan fingerprint density at radius 2 is 2.22 bits per heavy atom. The molecule has 0 aliphatic carbocycles. The van der Waals surface area contributed by atoms with Crippen molar-refractivity contribution < 1.29 is 9.53 Å². The highest BCUT2D eigenvalue weighted by molar-refractivity contribution is 5.93. The van der Waals surface area contributed by atoms with Crippen molar-refractivity contribution in [2.45, 2.75) is 6.92 Å². The van der Waals surface area contributed by atoms with E-state index in [0.29, 0.717) is 11.3 Å². The van der Waals surface area contributed by atoms with Gasteiger partial charge < -0.3 is 4.74 Å². The van der Waals surface area contributed by atoms with Crippen molar-refractivity contribution in [1.82, 2.24) is 9.78 Å². The molecule has 4 heteroatoms. The van der Waals surface area contributed by atoms with Gasteiger partial charge in [-0.15, -0.1) is 0 Å². The van der Waals surface area contributed by atoms with Gasteiger partial charge in [-0.2, -0.15) is 5.10 Å². The van der Waals surface area contributed by atoms with Crippen LogP contribution in [0.3, 0.4) is 0 Å². The van der Waals surface area contributed by atoms with Gasteiger partial charge in [-0.25, -0.2) is 9.48 Å². The number of allylic oxidation sites excluding steroid dienone is 1. The van der Waals surface area contributed by atoms with Crippen LogP contribution >= 0.6 is 0 Å². The number of hydrogen-bond donors (Lipinski definition) is 0. The predicted molar refractivity (Wildman–Crippen MR) is 68.7 cm³/mol. The number of ether oxygens (including phenoxy) is 1. The van der Waals surface area contributed by atoms with E-state index >= 15 is 0 Å². The Balaban J connectivity index is 2.25. The minimum Gasteiger partial charge on any atom is -0.458 e. The van der Waals surface area contributed by atoms with Gasteiger partial charge in [0, 0.05) is 12.4 Å². The van der Waals surface area contributed by atoms with Gasteiger partial charge in [0.1, 0.15) is 6.61 Å². The number of carbonyl (C=O) groups is 1. The Labute approximate surface area is 106 Å². The third-order valence-electron chi connectivity index (χ3n) is 2.42. The summed E-state index contributed by atoms with van der Waals surface area (Å²) in [6.45, 7) is 2.16. The van der Waals surface area contributed by atoms with Crippen LogP contribution in [0, 0.1) is 0 Å². The first-order chi connectivity index (χ1) is 8.83. The second-order valence-corrected chi connectivity index (χ2v) is 3.64. The highest BCUT2D eigenvalue weighted by Crippen LogP contribution is 2.14. The number of nitrogens with zero attached hydrogens (tertiary/aromatic N) is 2. The summed E-state index contributed by atoms with van der Waals surface area (Å²) in [5.41, 5.74) is 1.22. The third-order valence-corrected chi connectivity index (χ3v) is 2.42. The molecule has 18 heavy (non-hydrogen) atoms. The highest BCUT2D eigenvalue weighted by Gasteiger charge is 2.13. The normalized spacial score (nSPS) is 10.7. The summed E-state index contributed by atoms with van der Waals surface area (Å²) in [6.07, 6.45) is 7.08. The molecule has 0 unspecified atom stereocenters. The van der Waals surface area contributed by atoms with Crippen molar-refractivity contribution in [3.05, 3.63) is 60.4 Å². The van der Waals surface area contributed by atoms with Gasteiger partial charge in [-0.3, -0.25) is 0 Å². The lowest BCUT2D eigenvalue weighted by atomic mass is 10.2. The highest BCUT2D eigenvalue weighted by atomic mass is 16.5. The first-order valence-corrected chi connectivity index (χ1v) is 5.70. The maximum Gasteiger partial charge on any atom is 0.340 e. The van der Waals surface area contributed by atoms with Crippen molar-refractivity contribution in [3.8, 4) is 5.69 Å². The second kappa shape index (κ2) is 5.82. The Kier molecular flexibility index (Phi) is 3.91. The van der Waals surface area contributed by atoms with Gasteiger partial charge >= 0.3 is 5.97 Å². The van der Waals surface area contributed by atoms with E-state index in [9.17, 15) is 4.79 Å². The number of benzene rings is 1. The first-order valence-electron chi connectivity index (χ1n) is 5.70. The molecule has 1 heterocycles. The number of para-hydroxylation sites is 1. The van der Waals surface area contributed by atoms with E-state index < -0.39 is 0 Å². The fourth-order valence-corrected chi connectivity index (χ4v) is 1.56. The predicted octanol–water partition coefficient (Wildman–Crippen LogP) is 2.61. The van der Waals surface area contributed by atoms with Crippen molar-refractivity contribution in [2.24, 2.45) is 0 Å². The molecule has 0 N–H and O–H groups in total. The van der Waals surface area contributed by atoms with Crippen LogP contribution in [0.4, 0.5) is 0 Å². The Bertz CT molecular complexity index is 545. The Morgan fingerprint density at radius 3 is 2.94 bits per heavy atom. The van der Waals surface area contributed by atoms with Gasteiger partial charge in [-0.1, -0.05) is 24.3 Å². The minimum atomic E-state index is -0.348. The summed E-state index contributed by atoms with van der Waals surface area (Å²) >= 11 is 0. The number of carbonyl (C=O) groups excluding carboxylic acids is 1. The quantitative estimate of drug-likeness (QED) is 0.611. The van der Waals surface area contributed by atoms with Crippen molar-refractivity contribution in [2.75, 3.05) is 6.61 Å². The van der Waals surface area contributed by atoms with Crippen molar-refractivity contribution >= 4 is 5.97 Å². The molecule has 0 aliphatic heterocycles. The monoisotopic (exact) mass is 242 g/mol. The molecular weight excluding hydrogens is 228 g/mol. The fourth-order valence-electron chi connectivity index (χ4n) is 1.56. The van der Waals surface area contributed by atoms with E-state index in [1.807, 2.05) is 31.2 Å². The molecular formula is C14H14N2O2. The molecule has 92 valence electrons. The molecule has 4 nitrogen and oxygen atoms in total. The maximum atomic E-state index is 11.9. The molecule has 0 fully saturated rings. The molecule has 0 radical (unpaired) electrons. The van der Waals surface area contributed by atoms with E-state index in [1.165, 1.54) is 0 Å². The lowest BCUT2D eigenvalue weighted by molar-refractivity contribution is 0.0549. The van der Waals surface area contributed by atoms with E-state index in [4.69, 9.17) is 4.74 Å². The standard InChI is InChI=1S/C14H14N2O2/c1-2-3-11-18-14(17)12-7-4-5-8-13(12)16-10-6-9-15-16/h2-10H,11H2,1H3. The van der Waals surface area contributed by atoms with Crippen LogP contribution in [0.15, 0.2) is 54.9 Å². The summed E-state index contributed by atoms with van der Waals surface area (Å²) in [5, 5.41) is 4.12. The first kappa shape index (κ1) is 12.1. The summed E-state index contributed by atoms with van der Waals surface area (Å²) in [4.78, 5) is 11.9. The number of aromatic nitrogens is 2. The number of esters is 1.